The summed E-state index contributed by atoms with van der Waals surface area (Å²) in [6, 6.07) is 0.556. The van der Waals surface area contributed by atoms with Crippen molar-refractivity contribution in [3.63, 3.8) is 0 Å². The minimum atomic E-state index is 0.341. The van der Waals surface area contributed by atoms with Gasteiger partial charge in [-0.05, 0) is 36.9 Å². The molecule has 1 atom stereocenters. The second-order valence-corrected chi connectivity index (χ2v) is 7.66. The van der Waals surface area contributed by atoms with Crippen molar-refractivity contribution in [3.8, 4) is 0 Å². The quantitative estimate of drug-likeness (QED) is 0.861. The molecule has 0 radical (unpaired) electrons. The molecule has 2 aliphatic rings. The maximum atomic E-state index is 12.1. The first-order chi connectivity index (χ1) is 9.09. The Morgan fingerprint density at radius 3 is 2.74 bits per heavy atom. The molecule has 0 saturated carbocycles. The van der Waals surface area contributed by atoms with Crippen molar-refractivity contribution in [2.75, 3.05) is 31.1 Å². The maximum Gasteiger partial charge on any atom is 0.223 e. The van der Waals surface area contributed by atoms with Crippen LogP contribution >= 0.6 is 11.8 Å². The third-order valence-corrected chi connectivity index (χ3v) is 5.62. The van der Waals surface area contributed by atoms with E-state index < -0.39 is 0 Å². The van der Waals surface area contributed by atoms with Crippen LogP contribution in [0.1, 0.15) is 46.0 Å². The van der Waals surface area contributed by atoms with Crippen molar-refractivity contribution in [2.45, 2.75) is 52.0 Å². The second kappa shape index (κ2) is 6.98. The van der Waals surface area contributed by atoms with Gasteiger partial charge in [-0.15, -0.1) is 0 Å². The molecule has 110 valence electrons. The third kappa shape index (κ3) is 4.38. The van der Waals surface area contributed by atoms with E-state index >= 15 is 0 Å². The van der Waals surface area contributed by atoms with Crippen LogP contribution in [0.3, 0.4) is 0 Å². The normalized spacial score (nSPS) is 27.3. The average molecular weight is 284 g/mol. The zero-order chi connectivity index (χ0) is 13.7. The van der Waals surface area contributed by atoms with Gasteiger partial charge in [0.25, 0.3) is 0 Å². The average Bonchev–Trinajstić information content (AvgIpc) is 2.41. The number of hydrogen-bond acceptors (Lipinski definition) is 3. The molecule has 2 aliphatic heterocycles. The summed E-state index contributed by atoms with van der Waals surface area (Å²) < 4.78 is 0. The van der Waals surface area contributed by atoms with Crippen molar-refractivity contribution >= 4 is 17.7 Å². The molecule has 2 saturated heterocycles. The van der Waals surface area contributed by atoms with Gasteiger partial charge in [-0.1, -0.05) is 13.8 Å². The van der Waals surface area contributed by atoms with Gasteiger partial charge in [0.05, 0.1) is 0 Å². The molecule has 19 heavy (non-hydrogen) atoms. The number of thioether (sulfide) groups is 1. The van der Waals surface area contributed by atoms with Gasteiger partial charge >= 0.3 is 0 Å². The maximum absolute atomic E-state index is 12.1. The Labute approximate surface area is 121 Å². The lowest BCUT2D eigenvalue weighted by Gasteiger charge is -2.39. The van der Waals surface area contributed by atoms with Gasteiger partial charge < -0.3 is 10.2 Å². The van der Waals surface area contributed by atoms with Crippen molar-refractivity contribution in [2.24, 2.45) is 5.41 Å². The minimum absolute atomic E-state index is 0.341. The van der Waals surface area contributed by atoms with Crippen LogP contribution in [0.15, 0.2) is 0 Å². The number of nitrogens with one attached hydrogen (secondary N) is 1. The Hall–Kier alpha value is -0.220. The summed E-state index contributed by atoms with van der Waals surface area (Å²) >= 11 is 2.03. The lowest BCUT2D eigenvalue weighted by molar-refractivity contribution is -0.132. The Morgan fingerprint density at radius 1 is 1.32 bits per heavy atom. The molecule has 2 fully saturated rings. The molecule has 2 rings (SSSR count). The molecule has 0 aromatic carbocycles. The Morgan fingerprint density at radius 2 is 2.05 bits per heavy atom. The monoisotopic (exact) mass is 284 g/mol. The molecule has 4 heteroatoms. The van der Waals surface area contributed by atoms with E-state index in [0.29, 0.717) is 23.8 Å². The predicted molar refractivity (Wildman–Crippen MR) is 82.6 cm³/mol. The Kier molecular flexibility index (Phi) is 5.58. The van der Waals surface area contributed by atoms with Crippen LogP contribution in [0.5, 0.6) is 0 Å². The molecule has 2 heterocycles. The number of hydrogen-bond donors (Lipinski definition) is 1. The number of nitrogens with zero attached hydrogens (tertiary/aromatic N) is 1. The summed E-state index contributed by atoms with van der Waals surface area (Å²) in [6.45, 7) is 7.48. The van der Waals surface area contributed by atoms with E-state index in [1.165, 1.54) is 37.2 Å². The van der Waals surface area contributed by atoms with E-state index in [9.17, 15) is 4.79 Å². The van der Waals surface area contributed by atoms with Gasteiger partial charge in [0, 0.05) is 37.8 Å². The predicted octanol–water partition coefficient (Wildman–Crippen LogP) is 2.51. The van der Waals surface area contributed by atoms with Crippen molar-refractivity contribution in [3.05, 3.63) is 0 Å². The highest BCUT2D eigenvalue weighted by atomic mass is 32.2. The summed E-state index contributed by atoms with van der Waals surface area (Å²) in [5, 5.41) is 3.61. The van der Waals surface area contributed by atoms with E-state index in [1.54, 1.807) is 0 Å². The summed E-state index contributed by atoms with van der Waals surface area (Å²) in [7, 11) is 0. The molecule has 1 amide bonds. The van der Waals surface area contributed by atoms with Crippen molar-refractivity contribution in [1.82, 2.24) is 10.2 Å². The van der Waals surface area contributed by atoms with Crippen LogP contribution in [0.25, 0.3) is 0 Å². The van der Waals surface area contributed by atoms with E-state index in [0.717, 1.165) is 19.6 Å². The van der Waals surface area contributed by atoms with Gasteiger partial charge in [-0.3, -0.25) is 4.79 Å². The van der Waals surface area contributed by atoms with Gasteiger partial charge in [0.1, 0.15) is 0 Å². The molecule has 0 aromatic heterocycles. The van der Waals surface area contributed by atoms with Crippen molar-refractivity contribution < 1.29 is 4.79 Å². The topological polar surface area (TPSA) is 32.3 Å². The Balaban J connectivity index is 1.69. The lowest BCUT2D eigenvalue weighted by atomic mass is 9.82. The zero-order valence-corrected chi connectivity index (χ0v) is 13.2. The molecule has 3 nitrogen and oxygen atoms in total. The summed E-state index contributed by atoms with van der Waals surface area (Å²) in [6.07, 6.45) is 5.60. The fraction of sp³-hybridized carbons (Fsp3) is 0.933. The number of amides is 1. The van der Waals surface area contributed by atoms with Crippen LogP contribution in [0.4, 0.5) is 0 Å². The van der Waals surface area contributed by atoms with Gasteiger partial charge in [-0.25, -0.2) is 0 Å². The highest BCUT2D eigenvalue weighted by Gasteiger charge is 2.32. The van der Waals surface area contributed by atoms with Crippen LogP contribution in [-0.4, -0.2) is 48.0 Å². The highest BCUT2D eigenvalue weighted by Crippen LogP contribution is 2.34. The molecular weight excluding hydrogens is 256 g/mol. The Bertz CT molecular complexity index is 301. The smallest absolute Gasteiger partial charge is 0.223 e. The fourth-order valence-electron chi connectivity index (χ4n) is 2.93. The molecule has 1 unspecified atom stereocenters. The third-order valence-electron chi connectivity index (χ3n) is 4.56. The fourth-order valence-corrected chi connectivity index (χ4v) is 4.57. The highest BCUT2D eigenvalue weighted by molar-refractivity contribution is 7.99. The van der Waals surface area contributed by atoms with Crippen LogP contribution < -0.4 is 5.32 Å². The van der Waals surface area contributed by atoms with E-state index in [4.69, 9.17) is 0 Å². The molecule has 0 aliphatic carbocycles. The van der Waals surface area contributed by atoms with Crippen molar-refractivity contribution in [1.29, 1.82) is 0 Å². The molecular formula is C15H28N2OS. The number of rotatable bonds is 4. The van der Waals surface area contributed by atoms with Crippen LogP contribution in [0, 0.1) is 5.41 Å². The van der Waals surface area contributed by atoms with E-state index in [-0.39, 0.29) is 0 Å². The number of carbonyl (C=O) groups excluding carboxylic acids is 1. The largest absolute Gasteiger partial charge is 0.343 e. The van der Waals surface area contributed by atoms with Crippen LogP contribution in [-0.2, 0) is 4.79 Å². The van der Waals surface area contributed by atoms with Gasteiger partial charge in [-0.2, -0.15) is 11.8 Å². The first-order valence-corrected chi connectivity index (χ1v) is 8.84. The second-order valence-electron chi connectivity index (χ2n) is 6.51. The number of likely N-dealkylation sites (tertiary alicyclic amines) is 1. The number of piperidine rings is 1. The first kappa shape index (κ1) is 15.2. The first-order valence-electron chi connectivity index (χ1n) is 7.68. The van der Waals surface area contributed by atoms with Gasteiger partial charge in [0.2, 0.25) is 5.91 Å². The summed E-state index contributed by atoms with van der Waals surface area (Å²) in [4.78, 5) is 14.1. The number of carbonyl (C=O) groups is 1. The van der Waals surface area contributed by atoms with Crippen LogP contribution in [0.2, 0.25) is 0 Å². The lowest BCUT2D eigenvalue weighted by Crippen LogP contribution is -2.47. The molecule has 0 bridgehead atoms. The molecule has 0 aromatic rings. The van der Waals surface area contributed by atoms with E-state index in [2.05, 4.69) is 19.2 Å². The standard InChI is InChI=1S/C15H28N2OS/c1-15(2)7-11-19-12-13(15)16-8-6-14(18)17-9-4-3-5-10-17/h13,16H,3-12H2,1-2H3. The summed E-state index contributed by atoms with van der Waals surface area (Å²) in [5.74, 6) is 2.80. The SMILES string of the molecule is CC1(C)CCSCC1NCCC(=O)N1CCCCC1. The molecule has 0 spiro atoms. The minimum Gasteiger partial charge on any atom is -0.343 e. The van der Waals surface area contributed by atoms with Gasteiger partial charge in [0.15, 0.2) is 0 Å². The summed E-state index contributed by atoms with van der Waals surface area (Å²) in [5.41, 5.74) is 0.374. The van der Waals surface area contributed by atoms with E-state index in [1.807, 2.05) is 16.7 Å². The zero-order valence-electron chi connectivity index (χ0n) is 12.4. The molecule has 1 N–H and O–H groups in total.